The predicted molar refractivity (Wildman–Crippen MR) is 23.5 cm³/mol. The molecule has 40 valence electrons. The molecule has 0 aromatic carbocycles. The molecule has 0 aromatic rings. The molecule has 1 rings (SSSR count). The molecule has 2 radical (unpaired) electrons. The van der Waals surface area contributed by atoms with Crippen LogP contribution in [-0.2, 0) is 4.74 Å². The van der Waals surface area contributed by atoms with Gasteiger partial charge in [-0.15, -0.1) is 6.61 Å². The molecule has 3 nitrogen and oxygen atoms in total. The smallest absolute Gasteiger partial charge is 0.372 e. The van der Waals surface area contributed by atoms with Gasteiger partial charge >= 0.3 is 6.09 Å². The number of hydrogen-bond acceptors (Lipinski definition) is 2. The van der Waals surface area contributed by atoms with Crippen molar-refractivity contribution in [3.8, 4) is 0 Å². The third kappa shape index (κ3) is 1.48. The average Bonchev–Trinajstić information content (AvgIpc) is 1.87. The van der Waals surface area contributed by atoms with E-state index < -0.39 is 12.0 Å². The Morgan fingerprint density at radius 1 is 1.67 bits per heavy atom. The zero-order chi connectivity index (χ0) is 5.28. The number of amides is 1. The summed E-state index contributed by atoms with van der Waals surface area (Å²) in [7, 11) is 5.11. The Labute approximate surface area is 42.4 Å². The SMILES string of the molecule is [B][C@H]1[CH-]OC(=O)N1.[Rf].[Rf]. The normalized spacial score (nSPS) is 22.7. The molecule has 0 aliphatic carbocycles. The molecule has 1 fully saturated rings. The minimum Gasteiger partial charge on any atom is -0.620 e. The van der Waals surface area contributed by atoms with Crippen molar-refractivity contribution in [2.75, 3.05) is 0 Å². The number of carbonyl (C=O) groups excluding carboxylic acids is 1. The van der Waals surface area contributed by atoms with Gasteiger partial charge in [0.05, 0.1) is 7.85 Å². The van der Waals surface area contributed by atoms with Crippen LogP contribution in [0.5, 0.6) is 0 Å². The number of cyclic esters (lactones) is 1. The first-order chi connectivity index (χ1) is 3.29. The van der Waals surface area contributed by atoms with E-state index in [1.165, 1.54) is 6.61 Å². The van der Waals surface area contributed by atoms with E-state index in [1.54, 1.807) is 0 Å². The maximum absolute atomic E-state index is 10.0. The molecule has 1 aliphatic heterocycles. The van der Waals surface area contributed by atoms with Crippen LogP contribution in [0.3, 0.4) is 0 Å². The molecule has 0 unspecified atom stereocenters. The Morgan fingerprint density at radius 2 is 2.22 bits per heavy atom. The van der Waals surface area contributed by atoms with Gasteiger partial charge in [0.15, 0.2) is 0 Å². The topological polar surface area (TPSA) is 38.3 Å². The summed E-state index contributed by atoms with van der Waals surface area (Å²) in [5.41, 5.74) is 0. The fourth-order valence-corrected chi connectivity index (χ4v) is 0.339. The molecule has 1 amide bonds. The van der Waals surface area contributed by atoms with Crippen molar-refractivity contribution in [3.63, 3.8) is 0 Å². The van der Waals surface area contributed by atoms with Gasteiger partial charge in [-0.25, -0.2) is 4.79 Å². The number of alkyl carbamates (subject to hydrolysis) is 1. The van der Waals surface area contributed by atoms with Crippen LogP contribution in [0.25, 0.3) is 0 Å². The van der Waals surface area contributed by atoms with Crippen molar-refractivity contribution in [2.45, 2.75) is 5.94 Å². The number of nitrogens with one attached hydrogen (secondary N) is 1. The Kier molecular flexibility index (Phi) is 2.66. The molecule has 1 aliphatic rings. The molecule has 1 N–H and O–H groups in total. The van der Waals surface area contributed by atoms with E-state index in [9.17, 15) is 4.79 Å². The molecule has 9 heavy (non-hydrogen) atoms. The fourth-order valence-electron chi connectivity index (χ4n) is 0.339. The largest absolute Gasteiger partial charge is 0.620 e. The van der Waals surface area contributed by atoms with Crippen LogP contribution in [0.1, 0.15) is 0 Å². The maximum Gasteiger partial charge on any atom is 0.372 e. The van der Waals surface area contributed by atoms with E-state index in [2.05, 4.69) is 10.1 Å². The van der Waals surface area contributed by atoms with Gasteiger partial charge in [0, 0.05) is 0 Å². The van der Waals surface area contributed by atoms with E-state index in [4.69, 9.17) is 7.85 Å². The molecule has 0 bridgehead atoms. The first kappa shape index (κ1) is 9.59. The van der Waals surface area contributed by atoms with E-state index >= 15 is 0 Å². The Morgan fingerprint density at radius 3 is 2.33 bits per heavy atom. The standard InChI is InChI=1S/C3H3BNO2.2Rf/c4-2-1-7-3(6)5-2;;/h1-2H,(H,5,6);;/q-1;;/t2-;;/m1../s1. The first-order valence-electron chi connectivity index (χ1n) is 1.85. The molecule has 1 heterocycles. The van der Waals surface area contributed by atoms with Crippen molar-refractivity contribution >= 4 is 13.9 Å². The van der Waals surface area contributed by atoms with E-state index in [0.29, 0.717) is 0 Å². The summed E-state index contributed by atoms with van der Waals surface area (Å²) >= 11 is 0. The summed E-state index contributed by atoms with van der Waals surface area (Å²) in [5, 5.41) is 2.28. The number of ether oxygens (including phenoxy) is 1. The second kappa shape index (κ2) is 2.50. The van der Waals surface area contributed by atoms with Crippen LogP contribution in [0, 0.1) is 6.61 Å². The second-order valence-corrected chi connectivity index (χ2v) is 1.21. The number of hydrogen-bond donors (Lipinski definition) is 1. The average molecular weight is 630 g/mol. The molecule has 1 atom stereocenters. The monoisotopic (exact) mass is 630 g/mol. The zero-order valence-corrected chi connectivity index (χ0v) is 17.8. The summed E-state index contributed by atoms with van der Waals surface area (Å²) in [6.07, 6.45) is -0.479. The third-order valence-electron chi connectivity index (χ3n) is 0.606. The van der Waals surface area contributed by atoms with E-state index in [0.717, 1.165) is 0 Å². The second-order valence-electron chi connectivity index (χ2n) is 1.21. The molecule has 0 aromatic heterocycles. The summed E-state index contributed by atoms with van der Waals surface area (Å²) in [6, 6.07) is 0. The van der Waals surface area contributed by atoms with Crippen molar-refractivity contribution in [3.05, 3.63) is 6.61 Å². The quantitative estimate of drug-likeness (QED) is 0.287. The van der Waals surface area contributed by atoms with Gasteiger partial charge in [-0.2, -0.15) is 0 Å². The maximum atomic E-state index is 10.0. The van der Waals surface area contributed by atoms with Crippen molar-refractivity contribution in [1.29, 1.82) is 0 Å². The fraction of sp³-hybridized carbons (Fsp3) is 0.333. The van der Waals surface area contributed by atoms with Gasteiger partial charge in [0.2, 0.25) is 0 Å². The van der Waals surface area contributed by atoms with Crippen molar-refractivity contribution in [1.82, 2.24) is 5.32 Å². The van der Waals surface area contributed by atoms with Crippen molar-refractivity contribution in [2.24, 2.45) is 0 Å². The summed E-state index contributed by atoms with van der Waals surface area (Å²) in [5.74, 6) is -0.424. The van der Waals surface area contributed by atoms with Crippen LogP contribution in [-0.4, -0.2) is 19.9 Å². The molecule has 6 heteroatoms. The van der Waals surface area contributed by atoms with E-state index in [1.807, 2.05) is 0 Å². The third-order valence-corrected chi connectivity index (χ3v) is 0.606. The molecule has 0 saturated carbocycles. The summed E-state index contributed by atoms with van der Waals surface area (Å²) < 4.78 is 4.27. The van der Waals surface area contributed by atoms with Gasteiger partial charge in [-0.1, -0.05) is 5.94 Å². The van der Waals surface area contributed by atoms with E-state index in [-0.39, 0.29) is 0 Å². The van der Waals surface area contributed by atoms with Crippen LogP contribution < -0.4 is 5.32 Å². The number of rotatable bonds is 0. The predicted octanol–water partition coefficient (Wildman–Crippen LogP) is -0.617. The minimum absolute atomic E-state index is 0. The molecular weight excluding hydrogens is 627 g/mol. The van der Waals surface area contributed by atoms with Gasteiger partial charge in [0.25, 0.3) is 0 Å². The molecule has 1 saturated heterocycles. The van der Waals surface area contributed by atoms with Crippen LogP contribution in [0.4, 0.5) is 4.79 Å². The van der Waals surface area contributed by atoms with Gasteiger partial charge < -0.3 is 10.1 Å². The number of carbonyl (C=O) groups is 1. The first-order valence-corrected chi connectivity index (χ1v) is 1.85. The Balaban J connectivity index is 0. The van der Waals surface area contributed by atoms with Crippen molar-refractivity contribution < 1.29 is 9.53 Å². The Hall–Kier alpha value is -2.67. The zero-order valence-electron chi connectivity index (χ0n) is 4.96. The molecular formula is C3H3BNO2Rf2-. The van der Waals surface area contributed by atoms with Gasteiger partial charge in [-0.05, 0) is 0 Å². The van der Waals surface area contributed by atoms with Crippen LogP contribution in [0.15, 0.2) is 0 Å². The van der Waals surface area contributed by atoms with Crippen LogP contribution >= 0.6 is 0 Å². The van der Waals surface area contributed by atoms with Gasteiger partial charge in [0.1, 0.15) is 0 Å². The Bertz CT molecular complexity index is 102. The summed E-state index contributed by atoms with van der Waals surface area (Å²) in [6.45, 7) is 1.24. The van der Waals surface area contributed by atoms with Gasteiger partial charge in [-0.3, -0.25) is 0 Å². The van der Waals surface area contributed by atoms with Crippen LogP contribution in [0.2, 0.25) is 0 Å². The molecule has 0 spiro atoms. The summed E-state index contributed by atoms with van der Waals surface area (Å²) in [4.78, 5) is 10.0. The minimum atomic E-state index is -0.479.